The molecule has 0 amide bonds. The van der Waals surface area contributed by atoms with Crippen LogP contribution in [0.2, 0.25) is 0 Å². The van der Waals surface area contributed by atoms with Crippen molar-refractivity contribution in [2.45, 2.75) is 0 Å². The van der Waals surface area contributed by atoms with E-state index < -0.39 is 0 Å². The summed E-state index contributed by atoms with van der Waals surface area (Å²) in [6, 6.07) is 68.2. The summed E-state index contributed by atoms with van der Waals surface area (Å²) >= 11 is 0. The summed E-state index contributed by atoms with van der Waals surface area (Å²) in [6.07, 6.45) is 0. The molecule has 8 rings (SSSR count). The van der Waals surface area contributed by atoms with Crippen molar-refractivity contribution in [1.82, 2.24) is 9.97 Å². The van der Waals surface area contributed by atoms with E-state index in [-0.39, 0.29) is 0 Å². The zero-order chi connectivity index (χ0) is 32.1. The Labute approximate surface area is 281 Å². The Hall–Kier alpha value is -6.38. The average Bonchev–Trinajstić information content (AvgIpc) is 3.19. The molecule has 0 bridgehead atoms. The fraction of sp³-hybridized carbons (Fsp3) is 0. The maximum absolute atomic E-state index is 5.19. The standard InChI is InChI=1S/C46H32N2/c1-5-15-33(16-6-1)37-23-13-25-39(27-37)41-29-42(40-26-14-24-38(28-40)34-17-7-2-8-18-34)31-43(30-41)46-47-44(35-19-9-3-10-20-35)32-45(48-46)36-21-11-4-12-22-36/h1-32H. The highest BCUT2D eigenvalue weighted by atomic mass is 14.9. The first-order valence-electron chi connectivity index (χ1n) is 16.2. The second kappa shape index (κ2) is 13.2. The van der Waals surface area contributed by atoms with E-state index in [9.17, 15) is 0 Å². The minimum absolute atomic E-state index is 0.691. The molecule has 0 aliphatic rings. The zero-order valence-electron chi connectivity index (χ0n) is 26.4. The third-order valence-corrected chi connectivity index (χ3v) is 8.66. The molecule has 0 spiro atoms. The van der Waals surface area contributed by atoms with Crippen LogP contribution in [0, 0.1) is 0 Å². The molecule has 0 fully saturated rings. The first-order valence-corrected chi connectivity index (χ1v) is 16.2. The number of benzene rings is 7. The van der Waals surface area contributed by atoms with E-state index in [1.165, 1.54) is 22.3 Å². The third-order valence-electron chi connectivity index (χ3n) is 8.66. The maximum atomic E-state index is 5.19. The van der Waals surface area contributed by atoms with Crippen molar-refractivity contribution in [3.63, 3.8) is 0 Å². The highest BCUT2D eigenvalue weighted by Crippen LogP contribution is 2.36. The summed E-state index contributed by atoms with van der Waals surface area (Å²) in [5.41, 5.74) is 14.1. The van der Waals surface area contributed by atoms with Gasteiger partial charge in [0.15, 0.2) is 5.82 Å². The van der Waals surface area contributed by atoms with Crippen molar-refractivity contribution in [3.8, 4) is 78.4 Å². The van der Waals surface area contributed by atoms with Gasteiger partial charge in [-0.2, -0.15) is 0 Å². The topological polar surface area (TPSA) is 25.8 Å². The fourth-order valence-corrected chi connectivity index (χ4v) is 6.20. The van der Waals surface area contributed by atoms with Gasteiger partial charge in [0.05, 0.1) is 11.4 Å². The number of hydrogen-bond acceptors (Lipinski definition) is 2. The maximum Gasteiger partial charge on any atom is 0.160 e. The van der Waals surface area contributed by atoms with Crippen molar-refractivity contribution in [3.05, 3.63) is 194 Å². The molecule has 0 N–H and O–H groups in total. The van der Waals surface area contributed by atoms with Gasteiger partial charge in [0.25, 0.3) is 0 Å². The summed E-state index contributed by atoms with van der Waals surface area (Å²) in [6.45, 7) is 0. The molecule has 0 saturated heterocycles. The number of aromatic nitrogens is 2. The lowest BCUT2D eigenvalue weighted by molar-refractivity contribution is 1.18. The molecule has 226 valence electrons. The predicted octanol–water partition coefficient (Wildman–Crippen LogP) is 12.1. The molecule has 0 unspecified atom stereocenters. The van der Waals surface area contributed by atoms with Crippen LogP contribution >= 0.6 is 0 Å². The van der Waals surface area contributed by atoms with E-state index in [4.69, 9.17) is 9.97 Å². The minimum atomic E-state index is 0.691. The third kappa shape index (κ3) is 6.20. The van der Waals surface area contributed by atoms with Crippen LogP contribution in [0.25, 0.3) is 78.4 Å². The molecule has 2 heteroatoms. The van der Waals surface area contributed by atoms with Crippen LogP contribution < -0.4 is 0 Å². The molecule has 48 heavy (non-hydrogen) atoms. The normalized spacial score (nSPS) is 10.9. The van der Waals surface area contributed by atoms with Gasteiger partial charge >= 0.3 is 0 Å². The van der Waals surface area contributed by atoms with Crippen molar-refractivity contribution in [2.75, 3.05) is 0 Å². The highest BCUT2D eigenvalue weighted by Gasteiger charge is 2.14. The molecular weight excluding hydrogens is 581 g/mol. The van der Waals surface area contributed by atoms with Gasteiger partial charge in [-0.1, -0.05) is 158 Å². The van der Waals surface area contributed by atoms with E-state index in [0.29, 0.717) is 5.82 Å². The van der Waals surface area contributed by atoms with E-state index in [1.807, 2.05) is 12.1 Å². The van der Waals surface area contributed by atoms with Gasteiger partial charge in [-0.3, -0.25) is 0 Å². The quantitative estimate of drug-likeness (QED) is 0.179. The molecule has 1 heterocycles. The Kier molecular flexibility index (Phi) is 7.96. The molecule has 2 nitrogen and oxygen atoms in total. The summed E-state index contributed by atoms with van der Waals surface area (Å²) in [4.78, 5) is 10.4. The number of hydrogen-bond donors (Lipinski definition) is 0. The first-order chi connectivity index (χ1) is 23.8. The molecule has 0 aliphatic heterocycles. The molecule has 0 saturated carbocycles. The summed E-state index contributed by atoms with van der Waals surface area (Å²) in [7, 11) is 0. The molecule has 8 aromatic rings. The molecular formula is C46H32N2. The van der Waals surface area contributed by atoms with Crippen LogP contribution in [-0.2, 0) is 0 Å². The fourth-order valence-electron chi connectivity index (χ4n) is 6.20. The average molecular weight is 613 g/mol. The second-order valence-corrected chi connectivity index (χ2v) is 11.9. The Balaban J connectivity index is 1.33. The Morgan fingerprint density at radius 2 is 0.500 bits per heavy atom. The van der Waals surface area contributed by atoms with Gasteiger partial charge in [0.2, 0.25) is 0 Å². The van der Waals surface area contributed by atoms with Crippen molar-refractivity contribution in [2.24, 2.45) is 0 Å². The van der Waals surface area contributed by atoms with Gasteiger partial charge in [-0.25, -0.2) is 9.97 Å². The monoisotopic (exact) mass is 612 g/mol. The summed E-state index contributed by atoms with van der Waals surface area (Å²) in [5, 5.41) is 0. The van der Waals surface area contributed by atoms with E-state index >= 15 is 0 Å². The van der Waals surface area contributed by atoms with Crippen LogP contribution in [0.15, 0.2) is 194 Å². The highest BCUT2D eigenvalue weighted by molar-refractivity contribution is 5.84. The van der Waals surface area contributed by atoms with E-state index in [1.54, 1.807) is 0 Å². The minimum Gasteiger partial charge on any atom is -0.228 e. The van der Waals surface area contributed by atoms with Crippen LogP contribution in [0.4, 0.5) is 0 Å². The number of nitrogens with zero attached hydrogens (tertiary/aromatic N) is 2. The Morgan fingerprint density at radius 3 is 0.896 bits per heavy atom. The lowest BCUT2D eigenvalue weighted by Gasteiger charge is -2.14. The first kappa shape index (κ1) is 29.1. The smallest absolute Gasteiger partial charge is 0.160 e. The van der Waals surface area contributed by atoms with Crippen LogP contribution in [0.5, 0.6) is 0 Å². The molecule has 0 radical (unpaired) electrons. The number of rotatable bonds is 7. The molecule has 7 aromatic carbocycles. The van der Waals surface area contributed by atoms with Gasteiger partial charge < -0.3 is 0 Å². The SMILES string of the molecule is c1ccc(-c2cccc(-c3cc(-c4cccc(-c5ccccc5)c4)cc(-c4nc(-c5ccccc5)cc(-c5ccccc5)n4)c3)c2)cc1. The van der Waals surface area contributed by atoms with Crippen LogP contribution in [0.1, 0.15) is 0 Å². The lowest BCUT2D eigenvalue weighted by Crippen LogP contribution is -1.97. The van der Waals surface area contributed by atoms with Crippen molar-refractivity contribution in [1.29, 1.82) is 0 Å². The molecule has 0 atom stereocenters. The Morgan fingerprint density at radius 1 is 0.208 bits per heavy atom. The van der Waals surface area contributed by atoms with Gasteiger partial charge in [-0.05, 0) is 80.9 Å². The van der Waals surface area contributed by atoms with E-state index in [0.717, 1.165) is 50.3 Å². The van der Waals surface area contributed by atoms with Crippen molar-refractivity contribution < 1.29 is 0 Å². The van der Waals surface area contributed by atoms with Gasteiger partial charge in [0.1, 0.15) is 0 Å². The summed E-state index contributed by atoms with van der Waals surface area (Å²) < 4.78 is 0. The zero-order valence-corrected chi connectivity index (χ0v) is 26.4. The lowest BCUT2D eigenvalue weighted by atomic mass is 9.92. The van der Waals surface area contributed by atoms with Gasteiger partial charge in [-0.15, -0.1) is 0 Å². The van der Waals surface area contributed by atoms with Crippen LogP contribution in [-0.4, -0.2) is 9.97 Å². The second-order valence-electron chi connectivity index (χ2n) is 11.9. The van der Waals surface area contributed by atoms with Crippen LogP contribution in [0.3, 0.4) is 0 Å². The Bertz CT molecular complexity index is 2150. The molecule has 1 aromatic heterocycles. The van der Waals surface area contributed by atoms with Crippen molar-refractivity contribution >= 4 is 0 Å². The molecule has 0 aliphatic carbocycles. The summed E-state index contributed by atoms with van der Waals surface area (Å²) in [5.74, 6) is 0.691. The largest absolute Gasteiger partial charge is 0.228 e. The predicted molar refractivity (Wildman–Crippen MR) is 200 cm³/mol. The van der Waals surface area contributed by atoms with Gasteiger partial charge in [0, 0.05) is 16.7 Å². The van der Waals surface area contributed by atoms with E-state index in [2.05, 4.69) is 182 Å².